The van der Waals surface area contributed by atoms with Crippen LogP contribution in [0.2, 0.25) is 10.0 Å². The van der Waals surface area contributed by atoms with Gasteiger partial charge in [-0.3, -0.25) is 9.10 Å². The van der Waals surface area contributed by atoms with E-state index in [0.29, 0.717) is 6.54 Å². The molecule has 0 aromatic heterocycles. The predicted molar refractivity (Wildman–Crippen MR) is 102 cm³/mol. The number of benzene rings is 2. The van der Waals surface area contributed by atoms with Gasteiger partial charge < -0.3 is 5.32 Å². The summed E-state index contributed by atoms with van der Waals surface area (Å²) in [7, 11) is -3.71. The molecule has 0 spiro atoms. The van der Waals surface area contributed by atoms with Crippen LogP contribution in [0.4, 0.5) is 5.69 Å². The van der Waals surface area contributed by atoms with Crippen LogP contribution in [0.15, 0.2) is 42.5 Å². The zero-order valence-electron chi connectivity index (χ0n) is 13.8. The fraction of sp³-hybridized carbons (Fsp3) is 0.235. The van der Waals surface area contributed by atoms with Crippen molar-refractivity contribution in [1.29, 1.82) is 0 Å². The van der Waals surface area contributed by atoms with Gasteiger partial charge >= 0.3 is 0 Å². The Hall–Kier alpha value is -1.76. The number of amides is 1. The van der Waals surface area contributed by atoms with Crippen LogP contribution < -0.4 is 9.62 Å². The van der Waals surface area contributed by atoms with Crippen molar-refractivity contribution < 1.29 is 13.2 Å². The lowest BCUT2D eigenvalue weighted by atomic mass is 10.1. The molecule has 8 heteroatoms. The van der Waals surface area contributed by atoms with E-state index in [1.54, 1.807) is 12.1 Å². The summed E-state index contributed by atoms with van der Waals surface area (Å²) in [5, 5.41) is 3.00. The topological polar surface area (TPSA) is 66.5 Å². The maximum atomic E-state index is 12.2. The lowest BCUT2D eigenvalue weighted by Gasteiger charge is -2.23. The standard InChI is InChI=1S/C17H18Cl2N2O3S/c1-12-6-8-13(9-7-12)10-20-16(22)11-21(25(2,23)24)15-5-3-4-14(18)17(15)19/h3-9H,10-11H2,1-2H3,(H,20,22). The molecular weight excluding hydrogens is 383 g/mol. The number of carbonyl (C=O) groups is 1. The molecule has 0 aliphatic heterocycles. The minimum Gasteiger partial charge on any atom is -0.350 e. The fourth-order valence-corrected chi connectivity index (χ4v) is 3.47. The number of halogens is 2. The number of nitrogens with zero attached hydrogens (tertiary/aromatic N) is 1. The van der Waals surface area contributed by atoms with Crippen LogP contribution in [0.25, 0.3) is 0 Å². The molecule has 0 bridgehead atoms. The van der Waals surface area contributed by atoms with Crippen LogP contribution in [0.3, 0.4) is 0 Å². The van der Waals surface area contributed by atoms with Gasteiger partial charge in [-0.15, -0.1) is 0 Å². The molecule has 0 saturated heterocycles. The highest BCUT2D eigenvalue weighted by Gasteiger charge is 2.23. The summed E-state index contributed by atoms with van der Waals surface area (Å²) >= 11 is 12.0. The number of hydrogen-bond acceptors (Lipinski definition) is 3. The summed E-state index contributed by atoms with van der Waals surface area (Å²) in [6.07, 6.45) is 1.01. The third-order valence-electron chi connectivity index (χ3n) is 3.50. The number of sulfonamides is 1. The Kier molecular flexibility index (Phi) is 6.32. The van der Waals surface area contributed by atoms with Crippen molar-refractivity contribution in [2.45, 2.75) is 13.5 Å². The molecule has 2 aromatic carbocycles. The second kappa shape index (κ2) is 8.08. The summed E-state index contributed by atoms with van der Waals surface area (Å²) in [4.78, 5) is 12.2. The molecule has 0 unspecified atom stereocenters. The molecule has 0 radical (unpaired) electrons. The van der Waals surface area contributed by atoms with Gasteiger partial charge in [-0.2, -0.15) is 0 Å². The number of aryl methyl sites for hydroxylation is 1. The van der Waals surface area contributed by atoms with E-state index in [1.807, 2.05) is 31.2 Å². The normalized spacial score (nSPS) is 11.2. The molecule has 0 fully saturated rings. The maximum absolute atomic E-state index is 12.2. The van der Waals surface area contributed by atoms with Crippen molar-refractivity contribution in [3.05, 3.63) is 63.6 Å². The number of hydrogen-bond donors (Lipinski definition) is 1. The molecule has 2 aromatic rings. The first-order chi connectivity index (χ1) is 11.7. The Morgan fingerprint density at radius 3 is 2.36 bits per heavy atom. The van der Waals surface area contributed by atoms with E-state index in [9.17, 15) is 13.2 Å². The zero-order chi connectivity index (χ0) is 18.6. The molecular formula is C17H18Cl2N2O3S. The molecule has 0 atom stereocenters. The van der Waals surface area contributed by atoms with Crippen molar-refractivity contribution in [1.82, 2.24) is 5.32 Å². The highest BCUT2D eigenvalue weighted by Crippen LogP contribution is 2.33. The SMILES string of the molecule is Cc1ccc(CNC(=O)CN(c2cccc(Cl)c2Cl)S(C)(=O)=O)cc1. The number of anilines is 1. The van der Waals surface area contributed by atoms with Crippen LogP contribution in [0, 0.1) is 6.92 Å². The average molecular weight is 401 g/mol. The highest BCUT2D eigenvalue weighted by atomic mass is 35.5. The van der Waals surface area contributed by atoms with Crippen LogP contribution in [0.1, 0.15) is 11.1 Å². The molecule has 1 amide bonds. The van der Waals surface area contributed by atoms with E-state index in [-0.39, 0.29) is 22.3 Å². The summed E-state index contributed by atoms with van der Waals surface area (Å²) in [6, 6.07) is 12.3. The predicted octanol–water partition coefficient (Wildman–Crippen LogP) is 3.38. The first-order valence-electron chi connectivity index (χ1n) is 7.42. The van der Waals surface area contributed by atoms with E-state index >= 15 is 0 Å². The Morgan fingerprint density at radius 2 is 1.76 bits per heavy atom. The first kappa shape index (κ1) is 19.6. The van der Waals surface area contributed by atoms with Crippen LogP contribution in [-0.4, -0.2) is 27.1 Å². The van der Waals surface area contributed by atoms with Gasteiger partial charge in [0.15, 0.2) is 0 Å². The van der Waals surface area contributed by atoms with Gasteiger partial charge in [0, 0.05) is 6.54 Å². The third kappa shape index (κ3) is 5.36. The summed E-state index contributed by atoms with van der Waals surface area (Å²) < 4.78 is 25.1. The molecule has 5 nitrogen and oxygen atoms in total. The highest BCUT2D eigenvalue weighted by molar-refractivity contribution is 7.92. The molecule has 0 aliphatic carbocycles. The Bertz CT molecular complexity index is 868. The average Bonchev–Trinajstić information content (AvgIpc) is 2.54. The molecule has 0 heterocycles. The fourth-order valence-electron chi connectivity index (χ4n) is 2.16. The van der Waals surface area contributed by atoms with Crippen LogP contribution >= 0.6 is 23.2 Å². The van der Waals surface area contributed by atoms with Gasteiger partial charge in [-0.05, 0) is 24.6 Å². The minimum absolute atomic E-state index is 0.0842. The Labute approximate surface area is 157 Å². The van der Waals surface area contributed by atoms with E-state index < -0.39 is 15.9 Å². The van der Waals surface area contributed by atoms with Crippen molar-refractivity contribution in [3.63, 3.8) is 0 Å². The van der Waals surface area contributed by atoms with Crippen LogP contribution in [-0.2, 0) is 21.4 Å². The van der Waals surface area contributed by atoms with Gasteiger partial charge in [0.1, 0.15) is 6.54 Å². The quantitative estimate of drug-likeness (QED) is 0.807. The number of rotatable bonds is 6. The monoisotopic (exact) mass is 400 g/mol. The lowest BCUT2D eigenvalue weighted by molar-refractivity contribution is -0.119. The molecule has 1 N–H and O–H groups in total. The first-order valence-corrected chi connectivity index (χ1v) is 10.0. The van der Waals surface area contributed by atoms with Crippen molar-refractivity contribution in [2.24, 2.45) is 0 Å². The Morgan fingerprint density at radius 1 is 1.12 bits per heavy atom. The maximum Gasteiger partial charge on any atom is 0.241 e. The molecule has 25 heavy (non-hydrogen) atoms. The van der Waals surface area contributed by atoms with Crippen molar-refractivity contribution >= 4 is 44.8 Å². The lowest BCUT2D eigenvalue weighted by Crippen LogP contribution is -2.40. The minimum atomic E-state index is -3.71. The van der Waals surface area contributed by atoms with E-state index in [2.05, 4.69) is 5.32 Å². The van der Waals surface area contributed by atoms with E-state index in [1.165, 1.54) is 6.07 Å². The van der Waals surface area contributed by atoms with E-state index in [4.69, 9.17) is 23.2 Å². The largest absolute Gasteiger partial charge is 0.350 e. The van der Waals surface area contributed by atoms with Crippen LogP contribution in [0.5, 0.6) is 0 Å². The third-order valence-corrected chi connectivity index (χ3v) is 5.43. The molecule has 0 saturated carbocycles. The molecule has 134 valence electrons. The second-order valence-corrected chi connectivity index (χ2v) is 8.30. The van der Waals surface area contributed by atoms with Gasteiger partial charge in [0.05, 0.1) is 22.0 Å². The Balaban J connectivity index is 2.13. The second-order valence-electron chi connectivity index (χ2n) is 5.60. The van der Waals surface area contributed by atoms with Gasteiger partial charge in [0.25, 0.3) is 0 Å². The number of nitrogens with one attached hydrogen (secondary N) is 1. The van der Waals surface area contributed by atoms with Gasteiger partial charge in [-0.25, -0.2) is 8.42 Å². The molecule has 0 aliphatic rings. The zero-order valence-corrected chi connectivity index (χ0v) is 16.1. The van der Waals surface area contributed by atoms with Gasteiger partial charge in [0.2, 0.25) is 15.9 Å². The van der Waals surface area contributed by atoms with Crippen molar-refractivity contribution in [2.75, 3.05) is 17.1 Å². The summed E-state index contributed by atoms with van der Waals surface area (Å²) in [6.45, 7) is 1.89. The van der Waals surface area contributed by atoms with Crippen molar-refractivity contribution in [3.8, 4) is 0 Å². The smallest absolute Gasteiger partial charge is 0.241 e. The summed E-state index contributed by atoms with van der Waals surface area (Å²) in [5.41, 5.74) is 2.21. The molecule has 2 rings (SSSR count). The summed E-state index contributed by atoms with van der Waals surface area (Å²) in [5.74, 6) is -0.443. The van der Waals surface area contributed by atoms with Gasteiger partial charge in [-0.1, -0.05) is 59.1 Å². The van der Waals surface area contributed by atoms with E-state index in [0.717, 1.165) is 21.7 Å². The number of carbonyl (C=O) groups excluding carboxylic acids is 1.